The number of rotatable bonds is 4. The Hall–Kier alpha value is -1.92. The van der Waals surface area contributed by atoms with Crippen molar-refractivity contribution in [1.29, 1.82) is 5.26 Å². The highest BCUT2D eigenvalue weighted by Gasteiger charge is 2.34. The number of benzene rings is 1. The fourth-order valence-electron chi connectivity index (χ4n) is 1.81. The molecule has 0 spiro atoms. The van der Waals surface area contributed by atoms with Crippen LogP contribution in [-0.2, 0) is 16.1 Å². The van der Waals surface area contributed by atoms with Crippen molar-refractivity contribution in [3.63, 3.8) is 0 Å². The number of carbonyl (C=O) groups is 1. The highest BCUT2D eigenvalue weighted by atomic mass is 16.5. The van der Waals surface area contributed by atoms with E-state index in [0.29, 0.717) is 6.61 Å². The first-order valence-electron chi connectivity index (χ1n) is 5.49. The lowest BCUT2D eigenvalue weighted by Gasteiger charge is -2.17. The quantitative estimate of drug-likeness (QED) is 0.792. The van der Waals surface area contributed by atoms with Gasteiger partial charge < -0.3 is 4.74 Å². The molecule has 1 aromatic rings. The second-order valence-electron chi connectivity index (χ2n) is 4.22. The molecule has 0 amide bonds. The molecule has 3 heteroatoms. The molecule has 0 fully saturated rings. The van der Waals surface area contributed by atoms with E-state index in [9.17, 15) is 4.79 Å². The predicted molar refractivity (Wildman–Crippen MR) is 62.9 cm³/mol. The predicted octanol–water partition coefficient (Wildman–Crippen LogP) is 2.24. The van der Waals surface area contributed by atoms with Gasteiger partial charge >= 0.3 is 0 Å². The Balaban J connectivity index is 1.89. The van der Waals surface area contributed by atoms with Gasteiger partial charge in [-0.1, -0.05) is 36.4 Å². The van der Waals surface area contributed by atoms with E-state index in [-0.39, 0.29) is 18.8 Å². The van der Waals surface area contributed by atoms with Crippen LogP contribution in [0.1, 0.15) is 12.0 Å². The summed E-state index contributed by atoms with van der Waals surface area (Å²) in [4.78, 5) is 11.2. The van der Waals surface area contributed by atoms with Crippen molar-refractivity contribution in [3.05, 3.63) is 48.0 Å². The van der Waals surface area contributed by atoms with Crippen molar-refractivity contribution in [2.75, 3.05) is 6.61 Å². The monoisotopic (exact) mass is 227 g/mol. The molecule has 2 rings (SSSR count). The van der Waals surface area contributed by atoms with Crippen molar-refractivity contribution in [1.82, 2.24) is 0 Å². The zero-order valence-corrected chi connectivity index (χ0v) is 9.43. The number of ether oxygens (including phenoxy) is 1. The summed E-state index contributed by atoms with van der Waals surface area (Å²) < 4.78 is 5.52. The number of hydrogen-bond donors (Lipinski definition) is 0. The summed E-state index contributed by atoms with van der Waals surface area (Å²) in [6.07, 6.45) is 3.35. The molecule has 0 aromatic heterocycles. The fourth-order valence-corrected chi connectivity index (χ4v) is 1.81. The van der Waals surface area contributed by atoms with Gasteiger partial charge in [0.1, 0.15) is 5.41 Å². The number of carbonyl (C=O) groups excluding carboxylic acids is 1. The molecule has 0 saturated carbocycles. The van der Waals surface area contributed by atoms with Crippen LogP contribution >= 0.6 is 0 Å². The number of nitrogens with zero attached hydrogens (tertiary/aromatic N) is 1. The zero-order chi connectivity index (χ0) is 12.1. The maximum Gasteiger partial charge on any atom is 0.157 e. The van der Waals surface area contributed by atoms with Crippen LogP contribution in [0.4, 0.5) is 0 Å². The highest BCUT2D eigenvalue weighted by molar-refractivity contribution is 5.93. The van der Waals surface area contributed by atoms with Crippen molar-refractivity contribution in [2.45, 2.75) is 13.0 Å². The third-order valence-electron chi connectivity index (χ3n) is 2.77. The molecule has 17 heavy (non-hydrogen) atoms. The minimum atomic E-state index is -0.758. The summed E-state index contributed by atoms with van der Waals surface area (Å²) in [5.41, 5.74) is 0.306. The van der Waals surface area contributed by atoms with E-state index >= 15 is 0 Å². The molecule has 0 saturated heterocycles. The molecule has 1 aromatic carbocycles. The van der Waals surface area contributed by atoms with Crippen molar-refractivity contribution < 1.29 is 9.53 Å². The van der Waals surface area contributed by atoms with E-state index in [1.54, 1.807) is 6.08 Å². The third-order valence-corrected chi connectivity index (χ3v) is 2.77. The topological polar surface area (TPSA) is 50.1 Å². The molecule has 1 atom stereocenters. The minimum Gasteiger partial charge on any atom is -0.375 e. The lowest BCUT2D eigenvalue weighted by molar-refractivity contribution is -0.115. The van der Waals surface area contributed by atoms with Crippen LogP contribution in [0.3, 0.4) is 0 Å². The summed E-state index contributed by atoms with van der Waals surface area (Å²) in [5, 5.41) is 9.10. The number of nitriles is 1. The summed E-state index contributed by atoms with van der Waals surface area (Å²) in [6.45, 7) is 0.729. The second-order valence-corrected chi connectivity index (χ2v) is 4.22. The van der Waals surface area contributed by atoms with Gasteiger partial charge in [-0.3, -0.25) is 4.79 Å². The van der Waals surface area contributed by atoms with Gasteiger partial charge in [0, 0.05) is 6.42 Å². The van der Waals surface area contributed by atoms with Gasteiger partial charge in [-0.25, -0.2) is 0 Å². The molecule has 0 N–H and O–H groups in total. The van der Waals surface area contributed by atoms with E-state index in [0.717, 1.165) is 5.56 Å². The van der Waals surface area contributed by atoms with Gasteiger partial charge in [0.2, 0.25) is 0 Å². The fraction of sp³-hybridized carbons (Fsp3) is 0.286. The maximum absolute atomic E-state index is 11.2. The molecule has 0 radical (unpaired) electrons. The molecule has 0 heterocycles. The largest absolute Gasteiger partial charge is 0.375 e. The van der Waals surface area contributed by atoms with Gasteiger partial charge in [-0.05, 0) is 11.6 Å². The molecular weight excluding hydrogens is 214 g/mol. The molecule has 1 aliphatic carbocycles. The van der Waals surface area contributed by atoms with Crippen LogP contribution < -0.4 is 0 Å². The van der Waals surface area contributed by atoms with E-state index in [1.807, 2.05) is 30.3 Å². The Morgan fingerprint density at radius 2 is 2.12 bits per heavy atom. The lowest BCUT2D eigenvalue weighted by atomic mass is 9.90. The Morgan fingerprint density at radius 3 is 2.71 bits per heavy atom. The van der Waals surface area contributed by atoms with Crippen LogP contribution in [0.2, 0.25) is 0 Å². The minimum absolute atomic E-state index is 0.00476. The zero-order valence-electron chi connectivity index (χ0n) is 9.43. The average molecular weight is 227 g/mol. The Labute approximate surface area is 100 Å². The summed E-state index contributed by atoms with van der Waals surface area (Å²) in [7, 11) is 0. The molecule has 86 valence electrons. The lowest BCUT2D eigenvalue weighted by Crippen LogP contribution is -2.21. The van der Waals surface area contributed by atoms with Crippen molar-refractivity contribution in [3.8, 4) is 6.07 Å². The summed E-state index contributed by atoms with van der Waals surface area (Å²) in [6, 6.07) is 11.9. The standard InChI is InChI=1S/C14H13NO2/c15-10-14(7-6-13(16)8-14)11-17-9-12-4-2-1-3-5-12/h1-7H,8-9,11H2/t14-/m1/s1. The molecule has 0 bridgehead atoms. The third kappa shape index (κ3) is 2.80. The number of allylic oxidation sites excluding steroid dienone is 1. The van der Waals surface area contributed by atoms with Gasteiger partial charge in [-0.2, -0.15) is 5.26 Å². The number of hydrogen-bond acceptors (Lipinski definition) is 3. The Kier molecular flexibility index (Phi) is 3.36. The van der Waals surface area contributed by atoms with Crippen molar-refractivity contribution in [2.24, 2.45) is 5.41 Å². The van der Waals surface area contributed by atoms with E-state index < -0.39 is 5.41 Å². The molecular formula is C14H13NO2. The van der Waals surface area contributed by atoms with Crippen LogP contribution in [-0.4, -0.2) is 12.4 Å². The van der Waals surface area contributed by atoms with Crippen LogP contribution in [0.15, 0.2) is 42.5 Å². The van der Waals surface area contributed by atoms with Gasteiger partial charge in [0.25, 0.3) is 0 Å². The maximum atomic E-state index is 11.2. The molecule has 0 unspecified atom stereocenters. The molecule has 3 nitrogen and oxygen atoms in total. The molecule has 0 aliphatic heterocycles. The molecule has 1 aliphatic rings. The smallest absolute Gasteiger partial charge is 0.157 e. The van der Waals surface area contributed by atoms with Crippen LogP contribution in [0, 0.1) is 16.7 Å². The SMILES string of the molecule is N#C[C@@]1(COCc2ccccc2)C=CC(=O)C1. The normalized spacial score (nSPS) is 22.6. The second kappa shape index (κ2) is 4.94. The number of ketones is 1. The summed E-state index contributed by atoms with van der Waals surface area (Å²) >= 11 is 0. The van der Waals surface area contributed by atoms with Crippen LogP contribution in [0.25, 0.3) is 0 Å². The van der Waals surface area contributed by atoms with E-state index in [4.69, 9.17) is 10.00 Å². The van der Waals surface area contributed by atoms with Crippen LogP contribution in [0.5, 0.6) is 0 Å². The highest BCUT2D eigenvalue weighted by Crippen LogP contribution is 2.29. The van der Waals surface area contributed by atoms with Crippen molar-refractivity contribution >= 4 is 5.78 Å². The van der Waals surface area contributed by atoms with E-state index in [1.165, 1.54) is 6.08 Å². The van der Waals surface area contributed by atoms with E-state index in [2.05, 4.69) is 6.07 Å². The van der Waals surface area contributed by atoms with Gasteiger partial charge in [0.05, 0.1) is 19.3 Å². The first kappa shape index (κ1) is 11.6. The first-order chi connectivity index (χ1) is 8.24. The Bertz CT molecular complexity index is 473. The van der Waals surface area contributed by atoms with Gasteiger partial charge in [-0.15, -0.1) is 0 Å². The first-order valence-corrected chi connectivity index (χ1v) is 5.49. The van der Waals surface area contributed by atoms with Gasteiger partial charge in [0.15, 0.2) is 5.78 Å². The summed E-state index contributed by atoms with van der Waals surface area (Å²) in [5.74, 6) is -0.00476. The Morgan fingerprint density at radius 1 is 1.35 bits per heavy atom. The average Bonchev–Trinajstić information content (AvgIpc) is 2.73.